The Labute approximate surface area is 187 Å². The van der Waals surface area contributed by atoms with Crippen LogP contribution in [0.5, 0.6) is 0 Å². The van der Waals surface area contributed by atoms with Crippen molar-refractivity contribution < 1.29 is 4.79 Å². The number of benzene rings is 2. The number of tetrazole rings is 1. The molecule has 154 valence electrons. The Bertz CT molecular complexity index is 1190. The number of thioether (sulfide) groups is 1. The molecule has 0 aliphatic heterocycles. The van der Waals surface area contributed by atoms with Crippen molar-refractivity contribution >= 4 is 51.8 Å². The Morgan fingerprint density at radius 3 is 2.83 bits per heavy atom. The highest BCUT2D eigenvalue weighted by atomic mass is 35.5. The average molecular weight is 461 g/mol. The number of carbonyl (C=O) groups is 1. The molecule has 0 saturated carbocycles. The molecule has 30 heavy (non-hydrogen) atoms. The van der Waals surface area contributed by atoms with Gasteiger partial charge < -0.3 is 10.3 Å². The zero-order valence-electron chi connectivity index (χ0n) is 16.0. The van der Waals surface area contributed by atoms with Crippen LogP contribution in [-0.4, -0.2) is 43.4 Å². The van der Waals surface area contributed by atoms with E-state index in [0.717, 1.165) is 22.0 Å². The second-order valence-electron chi connectivity index (χ2n) is 6.69. The number of nitrogens with zero attached hydrogens (tertiary/aromatic N) is 4. The Morgan fingerprint density at radius 1 is 1.23 bits per heavy atom. The molecule has 2 aromatic heterocycles. The first-order chi connectivity index (χ1) is 14.5. The van der Waals surface area contributed by atoms with Gasteiger partial charge in [0.15, 0.2) is 0 Å². The fraction of sp³-hybridized carbons (Fsp3) is 0.200. The minimum Gasteiger partial charge on any atom is -0.361 e. The molecular formula is C20H18Cl2N6OS. The van der Waals surface area contributed by atoms with Crippen LogP contribution in [0.2, 0.25) is 10.0 Å². The smallest absolute Gasteiger partial charge is 0.230 e. The third-order valence-electron chi connectivity index (χ3n) is 4.75. The fourth-order valence-electron chi connectivity index (χ4n) is 3.29. The Kier molecular flexibility index (Phi) is 6.26. The van der Waals surface area contributed by atoms with Gasteiger partial charge in [0, 0.05) is 46.7 Å². The number of para-hydroxylation sites is 1. The summed E-state index contributed by atoms with van der Waals surface area (Å²) >= 11 is 13.9. The van der Waals surface area contributed by atoms with Crippen LogP contribution in [0, 0.1) is 0 Å². The summed E-state index contributed by atoms with van der Waals surface area (Å²) in [5.74, 6) is -0.0438. The maximum atomic E-state index is 12.5. The number of aromatic amines is 1. The number of nitrogens with one attached hydrogen (secondary N) is 2. The molecule has 4 rings (SSSR count). The topological polar surface area (TPSA) is 88.5 Å². The number of hydrogen-bond acceptors (Lipinski definition) is 5. The summed E-state index contributed by atoms with van der Waals surface area (Å²) in [6.07, 6.45) is 1.96. The zero-order chi connectivity index (χ0) is 21.1. The predicted octanol–water partition coefficient (Wildman–Crippen LogP) is 4.04. The summed E-state index contributed by atoms with van der Waals surface area (Å²) in [7, 11) is 1.73. The third kappa shape index (κ3) is 4.45. The van der Waals surface area contributed by atoms with Gasteiger partial charge in [-0.15, -0.1) is 5.10 Å². The summed E-state index contributed by atoms with van der Waals surface area (Å²) in [6, 6.07) is 13.5. The number of halogens is 2. The van der Waals surface area contributed by atoms with Crippen LogP contribution in [-0.2, 0) is 11.8 Å². The lowest BCUT2D eigenvalue weighted by atomic mass is 9.90. The van der Waals surface area contributed by atoms with Crippen molar-refractivity contribution in [1.29, 1.82) is 0 Å². The van der Waals surface area contributed by atoms with Crippen molar-refractivity contribution in [2.45, 2.75) is 11.1 Å². The molecule has 0 radical (unpaired) electrons. The van der Waals surface area contributed by atoms with Crippen LogP contribution >= 0.6 is 35.0 Å². The van der Waals surface area contributed by atoms with Gasteiger partial charge in [-0.1, -0.05) is 59.2 Å². The van der Waals surface area contributed by atoms with Gasteiger partial charge in [-0.25, -0.2) is 4.68 Å². The lowest BCUT2D eigenvalue weighted by Crippen LogP contribution is -2.30. The van der Waals surface area contributed by atoms with Crippen molar-refractivity contribution in [3.05, 3.63) is 69.8 Å². The van der Waals surface area contributed by atoms with Crippen LogP contribution in [0.3, 0.4) is 0 Å². The van der Waals surface area contributed by atoms with Gasteiger partial charge in [-0.2, -0.15) is 0 Å². The SMILES string of the molecule is Cn1nnnc1SCC(=O)NC[C@H](c1ccc(Cl)cc1Cl)c1c[nH]c2ccccc12. The van der Waals surface area contributed by atoms with Crippen LogP contribution < -0.4 is 5.32 Å². The highest BCUT2D eigenvalue weighted by Gasteiger charge is 2.21. The fourth-order valence-corrected chi connectivity index (χ4v) is 4.51. The maximum Gasteiger partial charge on any atom is 0.230 e. The number of rotatable bonds is 7. The van der Waals surface area contributed by atoms with Gasteiger partial charge in [-0.3, -0.25) is 4.79 Å². The van der Waals surface area contributed by atoms with E-state index in [9.17, 15) is 4.79 Å². The maximum absolute atomic E-state index is 12.5. The molecule has 0 saturated heterocycles. The van der Waals surface area contributed by atoms with Crippen molar-refractivity contribution in [3.63, 3.8) is 0 Å². The Morgan fingerprint density at radius 2 is 2.07 bits per heavy atom. The van der Waals surface area contributed by atoms with Crippen molar-refractivity contribution in [2.24, 2.45) is 7.05 Å². The quantitative estimate of drug-likeness (QED) is 0.406. The standard InChI is InChI=1S/C20H18Cl2N6OS/c1-28-20(25-26-27-28)30-11-19(29)24-10-15(13-7-6-12(21)8-17(13)22)16-9-23-18-5-3-2-4-14(16)18/h2-9,15,23H,10-11H2,1H3,(H,24,29)/t15-/m1/s1. The van der Waals surface area contributed by atoms with Gasteiger partial charge in [0.2, 0.25) is 11.1 Å². The van der Waals surface area contributed by atoms with E-state index in [4.69, 9.17) is 23.2 Å². The van der Waals surface area contributed by atoms with Crippen LogP contribution in [0.25, 0.3) is 10.9 Å². The van der Waals surface area contributed by atoms with E-state index in [1.807, 2.05) is 36.5 Å². The van der Waals surface area contributed by atoms with Crippen LogP contribution in [0.1, 0.15) is 17.0 Å². The first-order valence-electron chi connectivity index (χ1n) is 9.15. The highest BCUT2D eigenvalue weighted by molar-refractivity contribution is 7.99. The summed E-state index contributed by atoms with van der Waals surface area (Å²) in [4.78, 5) is 15.8. The average Bonchev–Trinajstić information content (AvgIpc) is 3.34. The van der Waals surface area contributed by atoms with Gasteiger partial charge in [0.05, 0.1) is 5.75 Å². The first-order valence-corrected chi connectivity index (χ1v) is 10.9. The molecular weight excluding hydrogens is 443 g/mol. The lowest BCUT2D eigenvalue weighted by molar-refractivity contribution is -0.118. The van der Waals surface area contributed by atoms with Crippen LogP contribution in [0.4, 0.5) is 0 Å². The van der Waals surface area contributed by atoms with E-state index < -0.39 is 0 Å². The summed E-state index contributed by atoms with van der Waals surface area (Å²) in [5.41, 5.74) is 2.98. The number of aryl methyl sites for hydroxylation is 1. The largest absolute Gasteiger partial charge is 0.361 e. The van der Waals surface area contributed by atoms with E-state index in [2.05, 4.69) is 31.9 Å². The molecule has 2 N–H and O–H groups in total. The molecule has 0 aliphatic rings. The Hall–Kier alpha value is -2.55. The monoisotopic (exact) mass is 460 g/mol. The Balaban J connectivity index is 1.56. The number of carbonyl (C=O) groups excluding carboxylic acids is 1. The molecule has 0 aliphatic carbocycles. The minimum absolute atomic E-state index is 0.113. The highest BCUT2D eigenvalue weighted by Crippen LogP contribution is 2.35. The molecule has 10 heteroatoms. The zero-order valence-corrected chi connectivity index (χ0v) is 18.3. The molecule has 2 aromatic carbocycles. The van der Waals surface area contributed by atoms with E-state index in [1.165, 1.54) is 16.4 Å². The summed E-state index contributed by atoms with van der Waals surface area (Å²) < 4.78 is 1.53. The third-order valence-corrected chi connectivity index (χ3v) is 6.32. The number of H-pyrrole nitrogens is 1. The molecule has 0 bridgehead atoms. The number of fused-ring (bicyclic) bond motifs is 1. The van der Waals surface area contributed by atoms with Gasteiger partial charge >= 0.3 is 0 Å². The van der Waals surface area contributed by atoms with Crippen molar-refractivity contribution in [3.8, 4) is 0 Å². The predicted molar refractivity (Wildman–Crippen MR) is 119 cm³/mol. The van der Waals surface area contributed by atoms with Gasteiger partial charge in [0.25, 0.3) is 0 Å². The van der Waals surface area contributed by atoms with E-state index in [1.54, 1.807) is 13.1 Å². The molecule has 7 nitrogen and oxygen atoms in total. The molecule has 4 aromatic rings. The molecule has 0 spiro atoms. The van der Waals surface area contributed by atoms with Gasteiger partial charge in [-0.05, 0) is 39.8 Å². The van der Waals surface area contributed by atoms with E-state index >= 15 is 0 Å². The number of aromatic nitrogens is 5. The summed E-state index contributed by atoms with van der Waals surface area (Å²) in [6.45, 7) is 0.389. The molecule has 1 atom stereocenters. The lowest BCUT2D eigenvalue weighted by Gasteiger charge is -2.19. The summed E-state index contributed by atoms with van der Waals surface area (Å²) in [5, 5.41) is 17.0. The van der Waals surface area contributed by atoms with E-state index in [-0.39, 0.29) is 17.6 Å². The number of amides is 1. The van der Waals surface area contributed by atoms with Crippen molar-refractivity contribution in [2.75, 3.05) is 12.3 Å². The van der Waals surface area contributed by atoms with Crippen molar-refractivity contribution in [1.82, 2.24) is 30.5 Å². The molecule has 0 unspecified atom stereocenters. The minimum atomic E-state index is -0.142. The molecule has 2 heterocycles. The second-order valence-corrected chi connectivity index (χ2v) is 8.47. The molecule has 0 fully saturated rings. The molecule has 1 amide bonds. The van der Waals surface area contributed by atoms with Crippen LogP contribution in [0.15, 0.2) is 53.8 Å². The number of hydrogen-bond donors (Lipinski definition) is 2. The second kappa shape index (κ2) is 9.07. The van der Waals surface area contributed by atoms with E-state index in [0.29, 0.717) is 21.7 Å². The first kappa shape index (κ1) is 20.7. The van der Waals surface area contributed by atoms with Gasteiger partial charge in [0.1, 0.15) is 0 Å². The normalized spacial score (nSPS) is 12.2.